The first-order valence-corrected chi connectivity index (χ1v) is 11.5. The molecule has 0 aromatic rings. The maximum Gasteiger partial charge on any atom is 0.407 e. The molecule has 6 rings (SSSR count). The lowest BCUT2D eigenvalue weighted by Crippen LogP contribution is -2.67. The maximum atomic E-state index is 13.7. The van der Waals surface area contributed by atoms with E-state index in [4.69, 9.17) is 23.7 Å². The van der Waals surface area contributed by atoms with Crippen molar-refractivity contribution in [2.45, 2.75) is 75.7 Å². The van der Waals surface area contributed by atoms with Crippen LogP contribution in [0.15, 0.2) is 0 Å². The molecule has 2 spiro atoms. The van der Waals surface area contributed by atoms with Crippen LogP contribution in [0.5, 0.6) is 0 Å². The summed E-state index contributed by atoms with van der Waals surface area (Å²) in [4.78, 5) is 51.7. The minimum atomic E-state index is -2.47. The predicted molar refractivity (Wildman–Crippen MR) is 107 cm³/mol. The van der Waals surface area contributed by atoms with Gasteiger partial charge in [0.2, 0.25) is 11.9 Å². The fraction of sp³-hybridized carbons (Fsp3) is 0.818. The van der Waals surface area contributed by atoms with Gasteiger partial charge < -0.3 is 44.3 Å². The molecule has 1 amide bonds. The highest BCUT2D eigenvalue weighted by molar-refractivity contribution is 5.94. The normalized spacial score (nSPS) is 55.0. The highest BCUT2D eigenvalue weighted by Gasteiger charge is 3.06. The van der Waals surface area contributed by atoms with E-state index < -0.39 is 100 Å². The molecule has 4 N–H and O–H groups in total. The van der Waals surface area contributed by atoms with Crippen LogP contribution in [0.3, 0.4) is 0 Å². The van der Waals surface area contributed by atoms with Gasteiger partial charge in [0, 0.05) is 13.0 Å². The third-order valence-corrected chi connectivity index (χ3v) is 9.36. The molecule has 12 atom stereocenters. The average Bonchev–Trinajstić information content (AvgIpc) is 3.46. The van der Waals surface area contributed by atoms with Crippen LogP contribution in [-0.2, 0) is 38.1 Å². The number of esters is 3. The summed E-state index contributed by atoms with van der Waals surface area (Å²) < 4.78 is 28.4. The van der Waals surface area contributed by atoms with Crippen molar-refractivity contribution in [3.8, 4) is 0 Å². The minimum Gasteiger partial charge on any atom is -0.456 e. The SMILES string of the molecule is CNC(=O)OC1C2OC(=O)[C@@H](C)[C@]2(O)[C@@]23O[C@@H]4OC(=O)[C@H](O)C45C(C(C)(C)C)[C@@H](O)[C@@H](OC2=O)C153. The van der Waals surface area contributed by atoms with E-state index in [2.05, 4.69) is 5.32 Å². The van der Waals surface area contributed by atoms with Crippen molar-refractivity contribution in [1.82, 2.24) is 5.32 Å². The zero-order valence-corrected chi connectivity index (χ0v) is 19.6. The summed E-state index contributed by atoms with van der Waals surface area (Å²) in [6, 6.07) is 0. The zero-order chi connectivity index (χ0) is 25.7. The van der Waals surface area contributed by atoms with Crippen LogP contribution in [0.25, 0.3) is 0 Å². The van der Waals surface area contributed by atoms with E-state index in [0.717, 1.165) is 0 Å². The fourth-order valence-corrected chi connectivity index (χ4v) is 8.56. The van der Waals surface area contributed by atoms with Crippen molar-refractivity contribution in [2.24, 2.45) is 28.1 Å². The molecule has 4 aliphatic heterocycles. The molecular weight excluding hydrogens is 470 g/mol. The van der Waals surface area contributed by atoms with Gasteiger partial charge in [-0.25, -0.2) is 14.4 Å². The van der Waals surface area contributed by atoms with E-state index in [9.17, 15) is 34.5 Å². The van der Waals surface area contributed by atoms with Gasteiger partial charge in [-0.3, -0.25) is 4.79 Å². The van der Waals surface area contributed by atoms with Crippen LogP contribution in [0.1, 0.15) is 27.7 Å². The summed E-state index contributed by atoms with van der Waals surface area (Å²) in [6.07, 6.45) is -10.8. The Kier molecular flexibility index (Phi) is 3.98. The Morgan fingerprint density at radius 3 is 2.31 bits per heavy atom. The van der Waals surface area contributed by atoms with Crippen molar-refractivity contribution < 1.29 is 58.2 Å². The largest absolute Gasteiger partial charge is 0.456 e. The Labute approximate surface area is 199 Å². The Morgan fingerprint density at radius 1 is 1.06 bits per heavy atom. The standard InChI is InChI=1S/C22H27NO12/c1-6-13(26)31-12-11(33-17(29)23-5)20-10-7(24)8(18(2,3)4)19(20)9(25)14(27)34-16(19)35-22(20,15(28)32-10)21(6,12)30/h6-12,16,24-25,30H,1-5H3,(H,23,29)/t6-,7-,8?,9+,10-,11?,12?,16+,19?,20?,21-,22-/m1/s1. The number of rotatable bonds is 1. The first-order valence-electron chi connectivity index (χ1n) is 11.5. The maximum absolute atomic E-state index is 13.7. The molecule has 2 aliphatic carbocycles. The van der Waals surface area contributed by atoms with Crippen LogP contribution in [0, 0.1) is 28.1 Å². The summed E-state index contributed by atoms with van der Waals surface area (Å²) in [5.74, 6) is -5.44. The number of hydrogen-bond donors (Lipinski definition) is 4. The summed E-state index contributed by atoms with van der Waals surface area (Å²) in [6.45, 7) is 6.59. The molecule has 0 aromatic carbocycles. The van der Waals surface area contributed by atoms with Gasteiger partial charge in [0.1, 0.15) is 11.5 Å². The second-order valence-electron chi connectivity index (χ2n) is 11.4. The second kappa shape index (κ2) is 6.07. The third-order valence-electron chi connectivity index (χ3n) is 9.36. The van der Waals surface area contributed by atoms with Crippen molar-refractivity contribution >= 4 is 24.0 Å². The molecular formula is C22H27NO12. The number of nitrogens with one attached hydrogen (secondary N) is 1. The van der Waals surface area contributed by atoms with Gasteiger partial charge in [-0.05, 0) is 12.3 Å². The molecule has 13 nitrogen and oxygen atoms in total. The molecule has 13 heteroatoms. The monoisotopic (exact) mass is 497 g/mol. The van der Waals surface area contributed by atoms with Gasteiger partial charge in [0.15, 0.2) is 23.9 Å². The highest BCUT2D eigenvalue weighted by Crippen LogP contribution is 2.84. The van der Waals surface area contributed by atoms with Crippen molar-refractivity contribution in [2.75, 3.05) is 7.05 Å². The Balaban J connectivity index is 1.75. The Hall–Kier alpha value is -2.48. The molecule has 5 unspecified atom stereocenters. The Morgan fingerprint density at radius 2 is 1.71 bits per heavy atom. The molecule has 0 bridgehead atoms. The smallest absolute Gasteiger partial charge is 0.407 e. The lowest BCUT2D eigenvalue weighted by Gasteiger charge is -2.47. The average molecular weight is 497 g/mol. The van der Waals surface area contributed by atoms with Gasteiger partial charge in [-0.2, -0.15) is 0 Å². The molecule has 0 radical (unpaired) electrons. The molecule has 2 saturated carbocycles. The molecule has 192 valence electrons. The number of alkyl carbamates (subject to hydrolysis) is 1. The van der Waals surface area contributed by atoms with E-state index in [1.54, 1.807) is 20.8 Å². The highest BCUT2D eigenvalue weighted by atomic mass is 16.8. The minimum absolute atomic E-state index is 0.849. The van der Waals surface area contributed by atoms with Crippen LogP contribution < -0.4 is 5.32 Å². The van der Waals surface area contributed by atoms with Gasteiger partial charge in [0.25, 0.3) is 0 Å². The van der Waals surface area contributed by atoms with Crippen LogP contribution in [0.4, 0.5) is 4.79 Å². The lowest BCUT2D eigenvalue weighted by atomic mass is 9.51. The second-order valence-corrected chi connectivity index (χ2v) is 11.4. The van der Waals surface area contributed by atoms with E-state index in [0.29, 0.717) is 0 Å². The lowest BCUT2D eigenvalue weighted by molar-refractivity contribution is -0.240. The first kappa shape index (κ1) is 23.0. The van der Waals surface area contributed by atoms with Crippen LogP contribution in [0.2, 0.25) is 0 Å². The first-order chi connectivity index (χ1) is 16.2. The van der Waals surface area contributed by atoms with Crippen LogP contribution >= 0.6 is 0 Å². The summed E-state index contributed by atoms with van der Waals surface area (Å²) in [5, 5.41) is 37.6. The summed E-state index contributed by atoms with van der Waals surface area (Å²) in [7, 11) is 1.28. The number of aliphatic hydroxyl groups excluding tert-OH is 2. The van der Waals surface area contributed by atoms with Crippen LogP contribution in [-0.4, -0.2) is 94.4 Å². The van der Waals surface area contributed by atoms with Crippen molar-refractivity contribution in [3.05, 3.63) is 0 Å². The topological polar surface area (TPSA) is 187 Å². The van der Waals surface area contributed by atoms with Gasteiger partial charge in [-0.1, -0.05) is 20.8 Å². The zero-order valence-electron chi connectivity index (χ0n) is 19.6. The van der Waals surface area contributed by atoms with E-state index in [-0.39, 0.29) is 0 Å². The number of carbonyl (C=O) groups is 4. The van der Waals surface area contributed by atoms with E-state index in [1.807, 2.05) is 0 Å². The number of aliphatic hydroxyl groups is 3. The molecule has 6 fully saturated rings. The van der Waals surface area contributed by atoms with Gasteiger partial charge >= 0.3 is 24.0 Å². The number of fused-ring (bicyclic) bond motifs is 1. The molecule has 6 aliphatic rings. The van der Waals surface area contributed by atoms with Gasteiger partial charge in [0.05, 0.1) is 17.4 Å². The number of hydrogen-bond acceptors (Lipinski definition) is 12. The number of amides is 1. The van der Waals surface area contributed by atoms with E-state index in [1.165, 1.54) is 14.0 Å². The number of carbonyl (C=O) groups excluding carboxylic acids is 4. The number of ether oxygens (including phenoxy) is 5. The Bertz CT molecular complexity index is 1090. The third kappa shape index (κ3) is 1.86. The fourth-order valence-electron chi connectivity index (χ4n) is 8.56. The van der Waals surface area contributed by atoms with Gasteiger partial charge in [-0.15, -0.1) is 0 Å². The molecule has 4 heterocycles. The van der Waals surface area contributed by atoms with Crippen molar-refractivity contribution in [3.63, 3.8) is 0 Å². The molecule has 0 aromatic heterocycles. The predicted octanol–water partition coefficient (Wildman–Crippen LogP) is -2.03. The van der Waals surface area contributed by atoms with Crippen molar-refractivity contribution in [1.29, 1.82) is 0 Å². The molecule has 4 saturated heterocycles. The summed E-state index contributed by atoms with van der Waals surface area (Å²) in [5.41, 5.74) is -9.72. The molecule has 35 heavy (non-hydrogen) atoms. The quantitative estimate of drug-likeness (QED) is 0.230. The van der Waals surface area contributed by atoms with E-state index >= 15 is 0 Å². The summed E-state index contributed by atoms with van der Waals surface area (Å²) >= 11 is 0.